The van der Waals surface area contributed by atoms with E-state index in [-0.39, 0.29) is 6.04 Å². The van der Waals surface area contributed by atoms with Crippen molar-refractivity contribution in [3.05, 3.63) is 34.1 Å². The van der Waals surface area contributed by atoms with Gasteiger partial charge in [0.15, 0.2) is 0 Å². The summed E-state index contributed by atoms with van der Waals surface area (Å²) in [7, 11) is 0. The van der Waals surface area contributed by atoms with Gasteiger partial charge in [-0.25, -0.2) is 0 Å². The molecule has 0 fully saturated rings. The van der Waals surface area contributed by atoms with Gasteiger partial charge in [0.25, 0.3) is 0 Å². The quantitative estimate of drug-likeness (QED) is 0.900. The van der Waals surface area contributed by atoms with Gasteiger partial charge >= 0.3 is 0 Å². The van der Waals surface area contributed by atoms with Gasteiger partial charge in [0.05, 0.1) is 6.04 Å². The summed E-state index contributed by atoms with van der Waals surface area (Å²) in [4.78, 5) is 4.40. The fourth-order valence-corrected chi connectivity index (χ4v) is 2.71. The van der Waals surface area contributed by atoms with Crippen molar-refractivity contribution in [2.75, 3.05) is 12.0 Å². The lowest BCUT2D eigenvalue weighted by atomic mass is 10.1. The molecule has 0 spiro atoms. The number of thioether (sulfide) groups is 1. The summed E-state index contributed by atoms with van der Waals surface area (Å²) in [6.45, 7) is 2.02. The molecule has 0 radical (unpaired) electrons. The Balaban J connectivity index is 2.20. The van der Waals surface area contributed by atoms with Crippen molar-refractivity contribution in [2.24, 2.45) is 5.73 Å². The molecule has 0 saturated heterocycles. The van der Waals surface area contributed by atoms with Crippen LogP contribution in [-0.2, 0) is 0 Å². The van der Waals surface area contributed by atoms with E-state index in [9.17, 15) is 0 Å². The van der Waals surface area contributed by atoms with Crippen LogP contribution in [0.15, 0.2) is 27.2 Å². The van der Waals surface area contributed by atoms with E-state index in [1.54, 1.807) is 11.8 Å². The second kappa shape index (κ2) is 6.54. The first-order valence-electron chi connectivity index (χ1n) is 5.96. The SMILES string of the molecule is CSCCC(N)c1nc(-c2ccc(Br)cc2C)no1. The van der Waals surface area contributed by atoms with Gasteiger partial charge in [0, 0.05) is 10.0 Å². The molecular weight excluding hydrogens is 326 g/mol. The molecule has 2 rings (SSSR count). The van der Waals surface area contributed by atoms with Crippen molar-refractivity contribution < 1.29 is 4.52 Å². The number of benzene rings is 1. The minimum atomic E-state index is -0.190. The molecule has 1 unspecified atom stereocenters. The van der Waals surface area contributed by atoms with Crippen molar-refractivity contribution in [3.63, 3.8) is 0 Å². The average Bonchev–Trinajstić information content (AvgIpc) is 2.85. The summed E-state index contributed by atoms with van der Waals surface area (Å²) in [5.41, 5.74) is 8.08. The molecule has 2 N–H and O–H groups in total. The number of aryl methyl sites for hydroxylation is 1. The number of hydrogen-bond donors (Lipinski definition) is 1. The third kappa shape index (κ3) is 3.58. The van der Waals surface area contributed by atoms with Crippen LogP contribution in [0, 0.1) is 6.92 Å². The first kappa shape index (κ1) is 14.6. The van der Waals surface area contributed by atoms with Gasteiger partial charge in [-0.05, 0) is 49.1 Å². The third-order valence-corrected chi connectivity index (χ3v) is 3.96. The van der Waals surface area contributed by atoms with E-state index in [1.807, 2.05) is 25.1 Å². The van der Waals surface area contributed by atoms with Crippen molar-refractivity contribution in [1.82, 2.24) is 10.1 Å². The minimum absolute atomic E-state index is 0.190. The standard InChI is InChI=1S/C13H16BrN3OS/c1-8-7-9(14)3-4-10(8)12-16-13(18-17-12)11(15)5-6-19-2/h3-4,7,11H,5-6,15H2,1-2H3. The summed E-state index contributed by atoms with van der Waals surface area (Å²) in [5, 5.41) is 4.02. The van der Waals surface area contributed by atoms with E-state index in [2.05, 4.69) is 32.3 Å². The van der Waals surface area contributed by atoms with E-state index in [0.717, 1.165) is 27.8 Å². The van der Waals surface area contributed by atoms with Crippen LogP contribution in [0.4, 0.5) is 0 Å². The van der Waals surface area contributed by atoms with Crippen LogP contribution >= 0.6 is 27.7 Å². The van der Waals surface area contributed by atoms with Crippen LogP contribution < -0.4 is 5.73 Å². The highest BCUT2D eigenvalue weighted by atomic mass is 79.9. The first-order chi connectivity index (χ1) is 9.11. The fourth-order valence-electron chi connectivity index (χ4n) is 1.74. The first-order valence-corrected chi connectivity index (χ1v) is 8.15. The number of halogens is 1. The highest BCUT2D eigenvalue weighted by Gasteiger charge is 2.16. The third-order valence-electron chi connectivity index (χ3n) is 2.82. The van der Waals surface area contributed by atoms with Crippen LogP contribution in [0.2, 0.25) is 0 Å². The van der Waals surface area contributed by atoms with Gasteiger partial charge in [-0.3, -0.25) is 0 Å². The predicted molar refractivity (Wildman–Crippen MR) is 82.1 cm³/mol. The molecule has 1 aromatic carbocycles. The van der Waals surface area contributed by atoms with Crippen molar-refractivity contribution in [3.8, 4) is 11.4 Å². The maximum Gasteiger partial charge on any atom is 0.243 e. The Morgan fingerprint density at radius 3 is 2.95 bits per heavy atom. The molecule has 6 heteroatoms. The Hall–Kier alpha value is -0.850. The number of nitrogens with zero attached hydrogens (tertiary/aromatic N) is 2. The van der Waals surface area contributed by atoms with E-state index < -0.39 is 0 Å². The molecule has 0 amide bonds. The number of hydrogen-bond acceptors (Lipinski definition) is 5. The van der Waals surface area contributed by atoms with Crippen LogP contribution in [0.3, 0.4) is 0 Å². The molecule has 19 heavy (non-hydrogen) atoms. The zero-order chi connectivity index (χ0) is 13.8. The molecule has 102 valence electrons. The molecule has 1 aromatic heterocycles. The van der Waals surface area contributed by atoms with E-state index in [4.69, 9.17) is 10.3 Å². The second-order valence-corrected chi connectivity index (χ2v) is 6.20. The summed E-state index contributed by atoms with van der Waals surface area (Å²) < 4.78 is 6.29. The molecule has 1 heterocycles. The van der Waals surface area contributed by atoms with Crippen molar-refractivity contribution in [2.45, 2.75) is 19.4 Å². The van der Waals surface area contributed by atoms with E-state index in [1.165, 1.54) is 0 Å². The minimum Gasteiger partial charge on any atom is -0.337 e. The number of aromatic nitrogens is 2. The average molecular weight is 342 g/mol. The maximum absolute atomic E-state index is 6.02. The van der Waals surface area contributed by atoms with Gasteiger partial charge in [-0.1, -0.05) is 21.1 Å². The number of nitrogens with two attached hydrogens (primary N) is 1. The van der Waals surface area contributed by atoms with Gasteiger partial charge < -0.3 is 10.3 Å². The summed E-state index contributed by atoms with van der Waals surface area (Å²) in [6.07, 6.45) is 2.89. The van der Waals surface area contributed by atoms with Crippen LogP contribution in [0.1, 0.15) is 23.9 Å². The maximum atomic E-state index is 6.02. The Bertz CT molecular complexity index is 559. The Labute approximate surface area is 125 Å². The molecule has 0 saturated carbocycles. The molecule has 0 bridgehead atoms. The fraction of sp³-hybridized carbons (Fsp3) is 0.385. The summed E-state index contributed by atoms with van der Waals surface area (Å²) >= 11 is 5.20. The monoisotopic (exact) mass is 341 g/mol. The van der Waals surface area contributed by atoms with E-state index in [0.29, 0.717) is 11.7 Å². The zero-order valence-electron chi connectivity index (χ0n) is 10.9. The highest BCUT2D eigenvalue weighted by Crippen LogP contribution is 2.25. The van der Waals surface area contributed by atoms with Gasteiger partial charge in [-0.15, -0.1) is 0 Å². The summed E-state index contributed by atoms with van der Waals surface area (Å²) in [6, 6.07) is 5.77. The van der Waals surface area contributed by atoms with Crippen LogP contribution in [0.25, 0.3) is 11.4 Å². The highest BCUT2D eigenvalue weighted by molar-refractivity contribution is 9.10. The normalized spacial score (nSPS) is 12.6. The molecule has 1 atom stereocenters. The Kier molecular flexibility index (Phi) is 5.01. The van der Waals surface area contributed by atoms with Crippen molar-refractivity contribution >= 4 is 27.7 Å². The topological polar surface area (TPSA) is 64.9 Å². The lowest BCUT2D eigenvalue weighted by molar-refractivity contribution is 0.353. The predicted octanol–water partition coefficient (Wildman–Crippen LogP) is 3.56. The Morgan fingerprint density at radius 1 is 1.47 bits per heavy atom. The van der Waals surface area contributed by atoms with Gasteiger partial charge in [0.2, 0.25) is 11.7 Å². The smallest absolute Gasteiger partial charge is 0.243 e. The molecule has 2 aromatic rings. The van der Waals surface area contributed by atoms with Crippen LogP contribution in [0.5, 0.6) is 0 Å². The van der Waals surface area contributed by atoms with Gasteiger partial charge in [-0.2, -0.15) is 16.7 Å². The molecule has 0 aliphatic rings. The summed E-state index contributed by atoms with van der Waals surface area (Å²) in [5.74, 6) is 2.09. The molecule has 0 aliphatic carbocycles. The lowest BCUT2D eigenvalue weighted by Gasteiger charge is -2.04. The molecule has 0 aliphatic heterocycles. The Morgan fingerprint density at radius 2 is 2.26 bits per heavy atom. The van der Waals surface area contributed by atoms with Crippen LogP contribution in [-0.4, -0.2) is 22.1 Å². The second-order valence-electron chi connectivity index (χ2n) is 4.30. The largest absolute Gasteiger partial charge is 0.337 e. The molecular formula is C13H16BrN3OS. The lowest BCUT2D eigenvalue weighted by Crippen LogP contribution is -2.11. The van der Waals surface area contributed by atoms with Crippen molar-refractivity contribution in [1.29, 1.82) is 0 Å². The van der Waals surface area contributed by atoms with Gasteiger partial charge in [0.1, 0.15) is 0 Å². The zero-order valence-corrected chi connectivity index (χ0v) is 13.3. The molecule has 4 nitrogen and oxygen atoms in total. The number of rotatable bonds is 5. The van der Waals surface area contributed by atoms with E-state index >= 15 is 0 Å².